The highest BCUT2D eigenvalue weighted by molar-refractivity contribution is 6.08. The maximum Gasteiger partial charge on any atom is 0.0991 e. The summed E-state index contributed by atoms with van der Waals surface area (Å²) in [6, 6.07) is 9.34. The monoisotopic (exact) mass is 211 g/mol. The van der Waals surface area contributed by atoms with Crippen molar-refractivity contribution < 1.29 is 0 Å². The molecule has 0 aromatic heterocycles. The molecule has 0 atom stereocenters. The van der Waals surface area contributed by atoms with Crippen molar-refractivity contribution in [2.45, 2.75) is 0 Å². The summed E-state index contributed by atoms with van der Waals surface area (Å²) in [6.07, 6.45) is 5.36. The molecule has 1 aromatic rings. The molecule has 0 radical (unpaired) electrons. The van der Waals surface area contributed by atoms with E-state index in [9.17, 15) is 0 Å². The summed E-state index contributed by atoms with van der Waals surface area (Å²) in [6.45, 7) is 3.61. The molecule has 0 bridgehead atoms. The van der Waals surface area contributed by atoms with Crippen molar-refractivity contribution in [1.82, 2.24) is 5.43 Å². The summed E-state index contributed by atoms with van der Waals surface area (Å²) in [5.74, 6) is 0. The van der Waals surface area contributed by atoms with Crippen molar-refractivity contribution in [3.8, 4) is 6.07 Å². The van der Waals surface area contributed by atoms with Crippen LogP contribution in [-0.4, -0.2) is 12.8 Å². The SMILES string of the molecule is C=C/C=C/C(=N\NC)c1ccc(C#N)cc1. The summed E-state index contributed by atoms with van der Waals surface area (Å²) in [5, 5.41) is 12.8. The van der Waals surface area contributed by atoms with Gasteiger partial charge in [0.2, 0.25) is 0 Å². The molecule has 0 spiro atoms. The van der Waals surface area contributed by atoms with Gasteiger partial charge in [-0.25, -0.2) is 0 Å². The van der Waals surface area contributed by atoms with Gasteiger partial charge < -0.3 is 5.43 Å². The largest absolute Gasteiger partial charge is 0.313 e. The predicted molar refractivity (Wildman–Crippen MR) is 66.1 cm³/mol. The number of hydrazone groups is 1. The lowest BCUT2D eigenvalue weighted by Crippen LogP contribution is -2.04. The van der Waals surface area contributed by atoms with Gasteiger partial charge in [-0.15, -0.1) is 0 Å². The molecular formula is C13H13N3. The highest BCUT2D eigenvalue weighted by atomic mass is 15.3. The molecular weight excluding hydrogens is 198 g/mol. The van der Waals surface area contributed by atoms with Crippen molar-refractivity contribution in [3.05, 3.63) is 60.2 Å². The number of nitrogens with one attached hydrogen (secondary N) is 1. The van der Waals surface area contributed by atoms with Crippen molar-refractivity contribution in [2.24, 2.45) is 5.10 Å². The van der Waals surface area contributed by atoms with E-state index in [4.69, 9.17) is 5.26 Å². The lowest BCUT2D eigenvalue weighted by molar-refractivity contribution is 0.903. The summed E-state index contributed by atoms with van der Waals surface area (Å²) >= 11 is 0. The summed E-state index contributed by atoms with van der Waals surface area (Å²) in [7, 11) is 1.74. The molecule has 0 aliphatic rings. The lowest BCUT2D eigenvalue weighted by atomic mass is 10.1. The van der Waals surface area contributed by atoms with Gasteiger partial charge in [0.15, 0.2) is 0 Å². The maximum atomic E-state index is 8.69. The average Bonchev–Trinajstić information content (AvgIpc) is 2.35. The topological polar surface area (TPSA) is 48.2 Å². The Morgan fingerprint density at radius 1 is 1.44 bits per heavy atom. The quantitative estimate of drug-likeness (QED) is 0.471. The Bertz CT molecular complexity index is 447. The zero-order valence-corrected chi connectivity index (χ0v) is 9.14. The summed E-state index contributed by atoms with van der Waals surface area (Å²) in [5.41, 5.74) is 5.13. The fraction of sp³-hybridized carbons (Fsp3) is 0.0769. The highest BCUT2D eigenvalue weighted by Crippen LogP contribution is 2.05. The molecule has 1 rings (SSSR count). The molecule has 0 fully saturated rings. The first-order valence-electron chi connectivity index (χ1n) is 4.86. The van der Waals surface area contributed by atoms with Gasteiger partial charge in [-0.3, -0.25) is 0 Å². The van der Waals surface area contributed by atoms with Gasteiger partial charge in [0.1, 0.15) is 0 Å². The normalized spacial score (nSPS) is 11.1. The molecule has 80 valence electrons. The Balaban J connectivity index is 3.03. The van der Waals surface area contributed by atoms with Crippen molar-refractivity contribution in [2.75, 3.05) is 7.05 Å². The third-order valence-corrected chi connectivity index (χ3v) is 1.93. The second-order valence-electron chi connectivity index (χ2n) is 3.00. The highest BCUT2D eigenvalue weighted by Gasteiger charge is 1.99. The van der Waals surface area contributed by atoms with E-state index in [0.29, 0.717) is 5.56 Å². The van der Waals surface area contributed by atoms with Crippen LogP contribution in [0.3, 0.4) is 0 Å². The van der Waals surface area contributed by atoms with Crippen molar-refractivity contribution in [1.29, 1.82) is 5.26 Å². The van der Waals surface area contributed by atoms with Gasteiger partial charge in [-0.05, 0) is 18.2 Å². The van der Waals surface area contributed by atoms with Crippen LogP contribution in [-0.2, 0) is 0 Å². The molecule has 0 saturated carbocycles. The lowest BCUT2D eigenvalue weighted by Gasteiger charge is -2.01. The second-order valence-corrected chi connectivity index (χ2v) is 3.00. The van der Waals surface area contributed by atoms with Crippen LogP contribution in [0.2, 0.25) is 0 Å². The first-order valence-corrected chi connectivity index (χ1v) is 4.86. The molecule has 0 aliphatic heterocycles. The van der Waals surface area contributed by atoms with E-state index >= 15 is 0 Å². The second kappa shape index (κ2) is 6.20. The molecule has 0 amide bonds. The Kier molecular flexibility index (Phi) is 4.55. The Labute approximate surface area is 95.4 Å². The van der Waals surface area contributed by atoms with E-state index in [-0.39, 0.29) is 0 Å². The molecule has 1 N–H and O–H groups in total. The Morgan fingerprint density at radius 2 is 2.12 bits per heavy atom. The van der Waals surface area contributed by atoms with Crippen molar-refractivity contribution >= 4 is 5.71 Å². The van der Waals surface area contributed by atoms with Crippen LogP contribution in [0.5, 0.6) is 0 Å². The average molecular weight is 211 g/mol. The Morgan fingerprint density at radius 3 is 2.62 bits per heavy atom. The van der Waals surface area contributed by atoms with Crippen LogP contribution >= 0.6 is 0 Å². The number of hydrogen-bond donors (Lipinski definition) is 1. The number of hydrogen-bond acceptors (Lipinski definition) is 3. The van der Waals surface area contributed by atoms with Gasteiger partial charge in [-0.2, -0.15) is 10.4 Å². The number of rotatable bonds is 4. The minimum atomic E-state index is 0.639. The van der Waals surface area contributed by atoms with Crippen LogP contribution in [0.1, 0.15) is 11.1 Å². The maximum absolute atomic E-state index is 8.69. The Hall–Kier alpha value is -2.34. The van der Waals surface area contributed by atoms with Crippen LogP contribution in [0.15, 0.2) is 54.2 Å². The zero-order valence-electron chi connectivity index (χ0n) is 9.14. The molecule has 16 heavy (non-hydrogen) atoms. The molecule has 0 aliphatic carbocycles. The van der Waals surface area contributed by atoms with Crippen LogP contribution in [0, 0.1) is 11.3 Å². The molecule has 3 nitrogen and oxygen atoms in total. The molecule has 0 saturated heterocycles. The van der Waals surface area contributed by atoms with Gasteiger partial charge in [0, 0.05) is 12.6 Å². The van der Waals surface area contributed by atoms with E-state index < -0.39 is 0 Å². The summed E-state index contributed by atoms with van der Waals surface area (Å²) < 4.78 is 0. The van der Waals surface area contributed by atoms with E-state index in [1.807, 2.05) is 24.3 Å². The van der Waals surface area contributed by atoms with Crippen LogP contribution in [0.4, 0.5) is 0 Å². The smallest absolute Gasteiger partial charge is 0.0991 e. The van der Waals surface area contributed by atoms with Gasteiger partial charge in [0.05, 0.1) is 17.3 Å². The number of allylic oxidation sites excluding steroid dienone is 3. The molecule has 0 heterocycles. The molecule has 3 heteroatoms. The predicted octanol–water partition coefficient (Wildman–Crippen LogP) is 2.22. The van der Waals surface area contributed by atoms with Gasteiger partial charge in [-0.1, -0.05) is 30.9 Å². The van der Waals surface area contributed by atoms with Crippen LogP contribution < -0.4 is 5.43 Å². The third-order valence-electron chi connectivity index (χ3n) is 1.93. The number of benzene rings is 1. The number of nitriles is 1. The molecule has 0 unspecified atom stereocenters. The van der Waals surface area contributed by atoms with E-state index in [2.05, 4.69) is 23.2 Å². The fourth-order valence-corrected chi connectivity index (χ4v) is 1.19. The standard InChI is InChI=1S/C13H13N3/c1-3-4-5-13(16-15-2)12-8-6-11(10-14)7-9-12/h3-9,15H,1H2,2H3/b5-4+,16-13+. The minimum absolute atomic E-state index is 0.639. The third kappa shape index (κ3) is 3.10. The zero-order chi connectivity index (χ0) is 11.8. The first kappa shape index (κ1) is 11.7. The van der Waals surface area contributed by atoms with Gasteiger partial charge >= 0.3 is 0 Å². The minimum Gasteiger partial charge on any atom is -0.313 e. The number of nitrogens with zero attached hydrogens (tertiary/aromatic N) is 2. The van der Waals surface area contributed by atoms with E-state index in [1.165, 1.54) is 0 Å². The first-order chi connectivity index (χ1) is 7.81. The van der Waals surface area contributed by atoms with Crippen molar-refractivity contribution in [3.63, 3.8) is 0 Å². The van der Waals surface area contributed by atoms with Gasteiger partial charge in [0.25, 0.3) is 0 Å². The van der Waals surface area contributed by atoms with Crippen LogP contribution in [0.25, 0.3) is 0 Å². The van der Waals surface area contributed by atoms with E-state index in [0.717, 1.165) is 11.3 Å². The summed E-state index contributed by atoms with van der Waals surface area (Å²) in [4.78, 5) is 0. The fourth-order valence-electron chi connectivity index (χ4n) is 1.19. The van der Waals surface area contributed by atoms with E-state index in [1.54, 1.807) is 25.3 Å². The molecule has 1 aromatic carbocycles.